The van der Waals surface area contributed by atoms with Gasteiger partial charge in [0.1, 0.15) is 12.4 Å². The van der Waals surface area contributed by atoms with Crippen molar-refractivity contribution in [3.8, 4) is 0 Å². The van der Waals surface area contributed by atoms with Gasteiger partial charge in [0, 0.05) is 26.3 Å². The van der Waals surface area contributed by atoms with Crippen molar-refractivity contribution in [2.24, 2.45) is 0 Å². The van der Waals surface area contributed by atoms with Crippen LogP contribution >= 0.6 is 0 Å². The molecule has 2 fully saturated rings. The second kappa shape index (κ2) is 4.77. The van der Waals surface area contributed by atoms with E-state index < -0.39 is 0 Å². The Hall–Kier alpha value is -2.11. The summed E-state index contributed by atoms with van der Waals surface area (Å²) in [6, 6.07) is 3.92. The van der Waals surface area contributed by atoms with Gasteiger partial charge in [-0.05, 0) is 24.5 Å². The number of anilines is 1. The summed E-state index contributed by atoms with van der Waals surface area (Å²) < 4.78 is 0. The van der Waals surface area contributed by atoms with E-state index in [0.29, 0.717) is 6.54 Å². The van der Waals surface area contributed by atoms with E-state index in [1.54, 1.807) is 11.1 Å². The quantitative estimate of drug-likeness (QED) is 0.771. The van der Waals surface area contributed by atoms with Crippen LogP contribution in [0.25, 0.3) is 0 Å². The Bertz CT molecular complexity index is 537. The highest BCUT2D eigenvalue weighted by Gasteiger charge is 2.43. The minimum absolute atomic E-state index is 0.112. The van der Waals surface area contributed by atoms with E-state index in [0.717, 1.165) is 24.2 Å². The summed E-state index contributed by atoms with van der Waals surface area (Å²) in [7, 11) is 3.84. The second-order valence-electron chi connectivity index (χ2n) is 5.54. The van der Waals surface area contributed by atoms with E-state index >= 15 is 0 Å². The molecule has 0 radical (unpaired) electrons. The molecule has 6 nitrogen and oxygen atoms in total. The lowest BCUT2D eigenvalue weighted by atomic mass is 10.2. The van der Waals surface area contributed by atoms with Gasteiger partial charge in [-0.25, -0.2) is 9.78 Å². The fourth-order valence-corrected chi connectivity index (χ4v) is 2.35. The van der Waals surface area contributed by atoms with Gasteiger partial charge >= 0.3 is 6.03 Å². The van der Waals surface area contributed by atoms with Gasteiger partial charge in [-0.1, -0.05) is 6.07 Å². The molecule has 1 saturated heterocycles. The van der Waals surface area contributed by atoms with Crippen LogP contribution in [-0.2, 0) is 11.3 Å². The average molecular weight is 274 g/mol. The Balaban J connectivity index is 1.70. The van der Waals surface area contributed by atoms with E-state index in [2.05, 4.69) is 4.98 Å². The van der Waals surface area contributed by atoms with Gasteiger partial charge < -0.3 is 9.80 Å². The van der Waals surface area contributed by atoms with Crippen LogP contribution in [-0.4, -0.2) is 53.4 Å². The van der Waals surface area contributed by atoms with Crippen molar-refractivity contribution in [1.82, 2.24) is 14.8 Å². The number of urea groups is 1. The maximum Gasteiger partial charge on any atom is 0.327 e. The van der Waals surface area contributed by atoms with Crippen LogP contribution in [0.2, 0.25) is 0 Å². The first-order chi connectivity index (χ1) is 9.56. The van der Waals surface area contributed by atoms with Crippen molar-refractivity contribution in [3.63, 3.8) is 0 Å². The van der Waals surface area contributed by atoms with Crippen molar-refractivity contribution < 1.29 is 9.59 Å². The van der Waals surface area contributed by atoms with Gasteiger partial charge in [0.05, 0.1) is 6.54 Å². The Morgan fingerprint density at radius 1 is 1.30 bits per heavy atom. The first kappa shape index (κ1) is 12.9. The van der Waals surface area contributed by atoms with Crippen LogP contribution in [0.15, 0.2) is 18.3 Å². The molecule has 2 aliphatic rings. The van der Waals surface area contributed by atoms with Gasteiger partial charge in [-0.2, -0.15) is 0 Å². The molecule has 6 heteroatoms. The van der Waals surface area contributed by atoms with Crippen molar-refractivity contribution in [1.29, 1.82) is 0 Å². The zero-order valence-electron chi connectivity index (χ0n) is 11.7. The smallest absolute Gasteiger partial charge is 0.327 e. The zero-order valence-corrected chi connectivity index (χ0v) is 11.7. The molecule has 106 valence electrons. The van der Waals surface area contributed by atoms with Gasteiger partial charge in [0.2, 0.25) is 0 Å². The van der Waals surface area contributed by atoms with Crippen molar-refractivity contribution in [3.05, 3.63) is 23.9 Å². The fraction of sp³-hybridized carbons (Fsp3) is 0.500. The van der Waals surface area contributed by atoms with E-state index in [1.165, 1.54) is 4.90 Å². The molecule has 1 aromatic rings. The van der Waals surface area contributed by atoms with Gasteiger partial charge in [-0.3, -0.25) is 9.69 Å². The molecule has 3 rings (SSSR count). The molecule has 20 heavy (non-hydrogen) atoms. The first-order valence-electron chi connectivity index (χ1n) is 6.79. The number of hydrogen-bond acceptors (Lipinski definition) is 4. The number of amides is 3. The summed E-state index contributed by atoms with van der Waals surface area (Å²) in [5.41, 5.74) is 0.870. The zero-order chi connectivity index (χ0) is 14.3. The topological polar surface area (TPSA) is 56.8 Å². The highest BCUT2D eigenvalue weighted by atomic mass is 16.2. The third-order valence-corrected chi connectivity index (χ3v) is 3.68. The number of hydrogen-bond donors (Lipinski definition) is 0. The van der Waals surface area contributed by atoms with Crippen LogP contribution in [0, 0.1) is 0 Å². The summed E-state index contributed by atoms with van der Waals surface area (Å²) >= 11 is 0. The normalized spacial score (nSPS) is 18.9. The van der Waals surface area contributed by atoms with Gasteiger partial charge in [0.25, 0.3) is 5.91 Å². The van der Waals surface area contributed by atoms with E-state index in [9.17, 15) is 9.59 Å². The molecule has 1 aromatic heterocycles. The van der Waals surface area contributed by atoms with Crippen molar-refractivity contribution >= 4 is 17.8 Å². The fourth-order valence-electron chi connectivity index (χ4n) is 2.35. The maximum absolute atomic E-state index is 12.2. The first-order valence-corrected chi connectivity index (χ1v) is 6.79. The molecule has 2 heterocycles. The number of nitrogens with zero attached hydrogens (tertiary/aromatic N) is 4. The van der Waals surface area contributed by atoms with Crippen LogP contribution in [0.4, 0.5) is 10.6 Å². The van der Waals surface area contributed by atoms with Gasteiger partial charge in [0.15, 0.2) is 0 Å². The second-order valence-corrected chi connectivity index (χ2v) is 5.54. The van der Waals surface area contributed by atoms with E-state index in [1.807, 2.05) is 31.1 Å². The molecule has 0 N–H and O–H groups in total. The SMILES string of the molecule is CN(C)c1ccc(CN2C(=O)CN(C3CC3)C2=O)cn1. The predicted octanol–water partition coefficient (Wildman–Crippen LogP) is 1.07. The molecule has 1 aliphatic carbocycles. The summed E-state index contributed by atoms with van der Waals surface area (Å²) in [6.07, 6.45) is 3.76. The van der Waals surface area contributed by atoms with Crippen LogP contribution in [0.1, 0.15) is 18.4 Å². The lowest BCUT2D eigenvalue weighted by Gasteiger charge is -2.17. The molecule has 0 aromatic carbocycles. The number of aromatic nitrogens is 1. The number of carbonyl (C=O) groups is 2. The third-order valence-electron chi connectivity index (χ3n) is 3.68. The molecule has 0 bridgehead atoms. The Kier molecular flexibility index (Phi) is 3.08. The molecule has 3 amide bonds. The number of carbonyl (C=O) groups excluding carboxylic acids is 2. The minimum atomic E-state index is -0.158. The Morgan fingerprint density at radius 3 is 2.60 bits per heavy atom. The molecular weight excluding hydrogens is 256 g/mol. The molecule has 0 atom stereocenters. The molecular formula is C14H18N4O2. The van der Waals surface area contributed by atoms with Crippen LogP contribution in [0.3, 0.4) is 0 Å². The Morgan fingerprint density at radius 2 is 2.05 bits per heavy atom. The highest BCUT2D eigenvalue weighted by molar-refractivity contribution is 6.02. The summed E-state index contributed by atoms with van der Waals surface area (Å²) in [5.74, 6) is 0.742. The molecule has 0 spiro atoms. The van der Waals surface area contributed by atoms with Gasteiger partial charge in [-0.15, -0.1) is 0 Å². The van der Waals surface area contributed by atoms with Crippen molar-refractivity contribution in [2.45, 2.75) is 25.4 Å². The third kappa shape index (κ3) is 2.33. The van der Waals surface area contributed by atoms with Crippen molar-refractivity contribution in [2.75, 3.05) is 25.5 Å². The van der Waals surface area contributed by atoms with Crippen LogP contribution < -0.4 is 4.90 Å². The van der Waals surface area contributed by atoms with Crippen LogP contribution in [0.5, 0.6) is 0 Å². The lowest BCUT2D eigenvalue weighted by Crippen LogP contribution is -2.33. The molecule has 1 saturated carbocycles. The number of rotatable bonds is 4. The number of pyridine rings is 1. The lowest BCUT2D eigenvalue weighted by molar-refractivity contribution is -0.125. The summed E-state index contributed by atoms with van der Waals surface area (Å²) in [4.78, 5) is 33.3. The molecule has 0 unspecified atom stereocenters. The highest BCUT2D eigenvalue weighted by Crippen LogP contribution is 2.30. The largest absolute Gasteiger partial charge is 0.363 e. The number of imide groups is 1. The van der Waals surface area contributed by atoms with E-state index in [-0.39, 0.29) is 24.5 Å². The predicted molar refractivity (Wildman–Crippen MR) is 74.2 cm³/mol. The summed E-state index contributed by atoms with van der Waals surface area (Å²) in [6.45, 7) is 0.536. The Labute approximate surface area is 118 Å². The monoisotopic (exact) mass is 274 g/mol. The average Bonchev–Trinajstić information content (AvgIpc) is 3.22. The van der Waals surface area contributed by atoms with E-state index in [4.69, 9.17) is 0 Å². The molecule has 1 aliphatic heterocycles. The maximum atomic E-state index is 12.2. The standard InChI is InChI=1S/C14H18N4O2/c1-16(2)12-6-3-10(7-15-12)8-18-13(19)9-17(14(18)20)11-4-5-11/h3,6-7,11H,4-5,8-9H2,1-2H3. The minimum Gasteiger partial charge on any atom is -0.363 e. The summed E-state index contributed by atoms with van der Waals surface area (Å²) in [5, 5.41) is 0.